The molecule has 0 heterocycles. The SMILES string of the molecule is O=C(Oc1cccc2c(OC(=O)c3ccc(/N=N/c4ccc(NCc5ccc(O)cc5)c5ccccc45)cc3)cccc12)c1ccc(/N=N/c2ccc(NCc3ccc(O)cc3)c3ccccc23)cc1. The molecule has 0 fully saturated rings. The lowest BCUT2D eigenvalue weighted by molar-refractivity contribution is 0.0725. The van der Waals surface area contributed by atoms with Crippen molar-refractivity contribution in [3.8, 4) is 23.0 Å². The van der Waals surface area contributed by atoms with Crippen molar-refractivity contribution < 1.29 is 29.3 Å². The molecule has 0 saturated carbocycles. The van der Waals surface area contributed by atoms with E-state index in [4.69, 9.17) is 9.47 Å². The van der Waals surface area contributed by atoms with Crippen molar-refractivity contribution in [1.82, 2.24) is 0 Å². The fraction of sp³-hybridized carbons (Fsp3) is 0.0345. The summed E-state index contributed by atoms with van der Waals surface area (Å²) in [6, 6.07) is 61.6. The van der Waals surface area contributed by atoms with Crippen LogP contribution in [0.1, 0.15) is 31.8 Å². The van der Waals surface area contributed by atoms with E-state index in [1.165, 1.54) is 0 Å². The highest BCUT2D eigenvalue weighted by Gasteiger charge is 2.16. The quantitative estimate of drug-likeness (QED) is 0.0475. The van der Waals surface area contributed by atoms with Gasteiger partial charge in [-0.1, -0.05) is 97.1 Å². The summed E-state index contributed by atoms with van der Waals surface area (Å²) >= 11 is 0. The lowest BCUT2D eigenvalue weighted by Gasteiger charge is -2.12. The molecule has 4 N–H and O–H groups in total. The van der Waals surface area contributed by atoms with E-state index in [9.17, 15) is 19.8 Å². The van der Waals surface area contributed by atoms with Gasteiger partial charge in [0.15, 0.2) is 0 Å². The largest absolute Gasteiger partial charge is 0.508 e. The second kappa shape index (κ2) is 20.0. The Bertz CT molecular complexity index is 3360. The summed E-state index contributed by atoms with van der Waals surface area (Å²) in [6.07, 6.45) is 0. The fourth-order valence-electron chi connectivity index (χ4n) is 7.97. The number of carbonyl (C=O) groups excluding carboxylic acids is 2. The number of nitrogens with one attached hydrogen (secondary N) is 2. The molecule has 70 heavy (non-hydrogen) atoms. The second-order valence-corrected chi connectivity index (χ2v) is 16.3. The van der Waals surface area contributed by atoms with Gasteiger partial charge in [-0.15, -0.1) is 10.2 Å². The maximum Gasteiger partial charge on any atom is 0.343 e. The van der Waals surface area contributed by atoms with E-state index in [1.807, 2.05) is 97.1 Å². The number of carbonyl (C=O) groups is 2. The summed E-state index contributed by atoms with van der Waals surface area (Å²) in [7, 11) is 0. The Morgan fingerprint density at radius 1 is 0.371 bits per heavy atom. The number of rotatable bonds is 14. The molecule has 12 heteroatoms. The van der Waals surface area contributed by atoms with Crippen molar-refractivity contribution in [2.45, 2.75) is 13.1 Å². The minimum Gasteiger partial charge on any atom is -0.508 e. The zero-order chi connectivity index (χ0) is 47.8. The van der Waals surface area contributed by atoms with E-state index >= 15 is 0 Å². The summed E-state index contributed by atoms with van der Waals surface area (Å²) in [4.78, 5) is 26.9. The average Bonchev–Trinajstić information content (AvgIpc) is 3.40. The van der Waals surface area contributed by atoms with Crippen LogP contribution in [0.15, 0.2) is 227 Å². The normalized spacial score (nSPS) is 11.4. The summed E-state index contributed by atoms with van der Waals surface area (Å²) in [5, 5.41) is 49.2. The first-order valence-electron chi connectivity index (χ1n) is 22.4. The van der Waals surface area contributed by atoms with Crippen LogP contribution in [0.5, 0.6) is 23.0 Å². The first-order valence-corrected chi connectivity index (χ1v) is 22.4. The van der Waals surface area contributed by atoms with Crippen molar-refractivity contribution in [3.63, 3.8) is 0 Å². The van der Waals surface area contributed by atoms with Crippen molar-refractivity contribution in [2.75, 3.05) is 10.6 Å². The zero-order valence-corrected chi connectivity index (χ0v) is 37.4. The maximum absolute atomic E-state index is 13.4. The Hall–Kier alpha value is -9.68. The predicted molar refractivity (Wildman–Crippen MR) is 274 cm³/mol. The van der Waals surface area contributed by atoms with E-state index in [0.29, 0.717) is 69.2 Å². The second-order valence-electron chi connectivity index (χ2n) is 16.3. The number of hydrogen-bond donors (Lipinski definition) is 4. The lowest BCUT2D eigenvalue weighted by atomic mass is 10.1. The van der Waals surface area contributed by atoms with E-state index in [1.54, 1.807) is 109 Å². The molecule has 0 amide bonds. The van der Waals surface area contributed by atoms with E-state index in [-0.39, 0.29) is 11.5 Å². The minimum absolute atomic E-state index is 0.227. The zero-order valence-electron chi connectivity index (χ0n) is 37.4. The Labute approximate surface area is 401 Å². The number of anilines is 2. The summed E-state index contributed by atoms with van der Waals surface area (Å²) in [5.74, 6) is -0.0717. The fourth-order valence-corrected chi connectivity index (χ4v) is 7.97. The predicted octanol–water partition coefficient (Wildman–Crippen LogP) is 15.1. The molecule has 0 atom stereocenters. The van der Waals surface area contributed by atoms with Crippen LogP contribution >= 0.6 is 0 Å². The topological polar surface area (TPSA) is 167 Å². The number of ether oxygens (including phenoxy) is 2. The summed E-state index contributed by atoms with van der Waals surface area (Å²) in [5.41, 5.74) is 7.09. The number of fused-ring (bicyclic) bond motifs is 3. The number of aromatic hydroxyl groups is 2. The van der Waals surface area contributed by atoms with Crippen LogP contribution < -0.4 is 20.1 Å². The van der Waals surface area contributed by atoms with Crippen LogP contribution in [0.25, 0.3) is 32.3 Å². The van der Waals surface area contributed by atoms with Crippen LogP contribution in [-0.2, 0) is 13.1 Å². The number of phenols is 2. The van der Waals surface area contributed by atoms with Gasteiger partial charge in [0.1, 0.15) is 23.0 Å². The van der Waals surface area contributed by atoms with Crippen molar-refractivity contribution in [3.05, 3.63) is 229 Å². The standard InChI is InChI=1S/C58H42N6O6/c65-43-27-15-37(16-28-43)35-59-51-31-33-53(47-9-3-1-7-45(47)51)63-61-41-23-19-39(20-24-41)57(67)69-55-13-5-12-50-49(55)11-6-14-56(50)70-58(68)40-21-25-42(26-22-40)62-64-54-34-32-52(46-8-2-4-10-48(46)54)60-36-38-17-29-44(66)30-18-38/h1-34,59-60,65-66H,35-36H2/b63-61+,64-62+. The van der Waals surface area contributed by atoms with Gasteiger partial charge in [0.25, 0.3) is 0 Å². The molecule has 0 aliphatic rings. The number of hydrogen-bond acceptors (Lipinski definition) is 12. The van der Waals surface area contributed by atoms with Gasteiger partial charge < -0.3 is 30.3 Å². The Morgan fingerprint density at radius 3 is 1.14 bits per heavy atom. The Balaban J connectivity index is 0.772. The van der Waals surface area contributed by atoms with Gasteiger partial charge in [0.2, 0.25) is 0 Å². The first-order chi connectivity index (χ1) is 34.3. The monoisotopic (exact) mass is 918 g/mol. The highest BCUT2D eigenvalue weighted by Crippen LogP contribution is 2.36. The molecule has 0 spiro atoms. The summed E-state index contributed by atoms with van der Waals surface area (Å²) < 4.78 is 11.8. The number of azo groups is 2. The van der Waals surface area contributed by atoms with E-state index in [0.717, 1.165) is 44.0 Å². The smallest absolute Gasteiger partial charge is 0.343 e. The highest BCUT2D eigenvalue weighted by molar-refractivity contribution is 6.02. The van der Waals surface area contributed by atoms with Gasteiger partial charge in [-0.2, -0.15) is 10.2 Å². The van der Waals surface area contributed by atoms with Gasteiger partial charge in [-0.25, -0.2) is 9.59 Å². The van der Waals surface area contributed by atoms with Crippen LogP contribution in [0, 0.1) is 0 Å². The minimum atomic E-state index is -0.568. The van der Waals surface area contributed by atoms with Crippen molar-refractivity contribution in [2.24, 2.45) is 20.5 Å². The third-order valence-corrected chi connectivity index (χ3v) is 11.6. The molecule has 10 aromatic carbocycles. The van der Waals surface area contributed by atoms with E-state index < -0.39 is 11.9 Å². The molecule has 0 bridgehead atoms. The van der Waals surface area contributed by atoms with Crippen LogP contribution in [-0.4, -0.2) is 22.2 Å². The molecule has 10 aromatic rings. The maximum atomic E-state index is 13.4. The molecule has 10 rings (SSSR count). The molecular formula is C58H42N6O6. The van der Waals surface area contributed by atoms with Crippen molar-refractivity contribution >= 4 is 78.4 Å². The molecule has 0 unspecified atom stereocenters. The van der Waals surface area contributed by atoms with Gasteiger partial charge in [-0.3, -0.25) is 0 Å². The van der Waals surface area contributed by atoms with Gasteiger partial charge in [0, 0.05) is 56.8 Å². The molecule has 340 valence electrons. The third-order valence-electron chi connectivity index (χ3n) is 11.6. The lowest BCUT2D eigenvalue weighted by Crippen LogP contribution is -2.09. The molecule has 0 aliphatic carbocycles. The first kappa shape index (κ1) is 44.2. The van der Waals surface area contributed by atoms with Crippen molar-refractivity contribution in [1.29, 1.82) is 0 Å². The van der Waals surface area contributed by atoms with Gasteiger partial charge in [0.05, 0.1) is 33.9 Å². The number of phenolic OH excluding ortho intramolecular Hbond substituents is 2. The molecule has 0 aromatic heterocycles. The van der Waals surface area contributed by atoms with Crippen LogP contribution in [0.4, 0.5) is 34.1 Å². The van der Waals surface area contributed by atoms with E-state index in [2.05, 4.69) is 31.1 Å². The highest BCUT2D eigenvalue weighted by atomic mass is 16.5. The van der Waals surface area contributed by atoms with Gasteiger partial charge in [-0.05, 0) is 120 Å². The number of benzene rings is 10. The summed E-state index contributed by atoms with van der Waals surface area (Å²) in [6.45, 7) is 1.18. The van der Waals surface area contributed by atoms with Gasteiger partial charge >= 0.3 is 11.9 Å². The number of esters is 2. The Kier molecular flexibility index (Phi) is 12.7. The number of nitrogens with zero attached hydrogens (tertiary/aromatic N) is 4. The average molecular weight is 919 g/mol. The molecule has 12 nitrogen and oxygen atoms in total. The molecule has 0 saturated heterocycles. The van der Waals surface area contributed by atoms with Crippen LogP contribution in [0.3, 0.4) is 0 Å². The molecular weight excluding hydrogens is 877 g/mol. The Morgan fingerprint density at radius 2 is 0.743 bits per heavy atom. The van der Waals surface area contributed by atoms with Crippen LogP contribution in [0.2, 0.25) is 0 Å². The molecule has 0 radical (unpaired) electrons. The third kappa shape index (κ3) is 10.0. The molecule has 0 aliphatic heterocycles.